The number of hydrogen-bond donors (Lipinski definition) is 3. The Balaban J connectivity index is 1.51. The van der Waals surface area contributed by atoms with E-state index in [4.69, 9.17) is 16.0 Å². The predicted octanol–water partition coefficient (Wildman–Crippen LogP) is 3.38. The Hall–Kier alpha value is -4.11. The first-order chi connectivity index (χ1) is 15.4. The number of nitrogens with zero attached hydrogens (tertiary/aromatic N) is 2. The number of benzene rings is 2. The van der Waals surface area contributed by atoms with Crippen LogP contribution in [0.3, 0.4) is 0 Å². The number of carbonyl (C=O) groups is 3. The molecule has 32 heavy (non-hydrogen) atoms. The Morgan fingerprint density at radius 2 is 1.81 bits per heavy atom. The minimum absolute atomic E-state index is 0.0524. The lowest BCUT2D eigenvalue weighted by molar-refractivity contribution is -0.118. The van der Waals surface area contributed by atoms with E-state index in [1.54, 1.807) is 30.3 Å². The Kier molecular flexibility index (Phi) is 5.91. The topological polar surface area (TPSA) is 116 Å². The van der Waals surface area contributed by atoms with Crippen molar-refractivity contribution in [2.24, 2.45) is 4.99 Å². The summed E-state index contributed by atoms with van der Waals surface area (Å²) < 4.78 is 5.09. The Bertz CT molecular complexity index is 1210. The van der Waals surface area contributed by atoms with Gasteiger partial charge >= 0.3 is 0 Å². The van der Waals surface area contributed by atoms with E-state index in [-0.39, 0.29) is 29.7 Å². The molecule has 0 saturated carbocycles. The van der Waals surface area contributed by atoms with E-state index in [9.17, 15) is 14.4 Å². The van der Waals surface area contributed by atoms with Crippen molar-refractivity contribution in [1.29, 1.82) is 0 Å². The largest absolute Gasteiger partial charge is 0.459 e. The molecule has 0 radical (unpaired) electrons. The van der Waals surface area contributed by atoms with E-state index in [1.807, 2.05) is 19.1 Å². The van der Waals surface area contributed by atoms with Crippen molar-refractivity contribution in [3.63, 3.8) is 0 Å². The van der Waals surface area contributed by atoms with Crippen LogP contribution in [-0.2, 0) is 9.59 Å². The number of aliphatic imine (C=N–C) groups is 1. The Morgan fingerprint density at radius 1 is 1.06 bits per heavy atom. The average molecular weight is 452 g/mol. The summed E-state index contributed by atoms with van der Waals surface area (Å²) >= 11 is 6.06. The van der Waals surface area contributed by atoms with Gasteiger partial charge in [0.25, 0.3) is 17.7 Å². The first kappa shape index (κ1) is 21.1. The van der Waals surface area contributed by atoms with Crippen LogP contribution in [0.15, 0.2) is 70.3 Å². The van der Waals surface area contributed by atoms with Gasteiger partial charge in [0, 0.05) is 5.02 Å². The molecule has 0 aliphatic carbocycles. The van der Waals surface area contributed by atoms with Gasteiger partial charge in [-0.25, -0.2) is 5.01 Å². The molecule has 0 bridgehead atoms. The minimum atomic E-state index is -0.592. The number of hydrazine groups is 1. The van der Waals surface area contributed by atoms with Gasteiger partial charge in [-0.15, -0.1) is 0 Å². The summed E-state index contributed by atoms with van der Waals surface area (Å²) in [5.41, 5.74) is 4.93. The van der Waals surface area contributed by atoms with Crippen molar-refractivity contribution in [3.05, 3.63) is 77.2 Å². The molecule has 0 spiro atoms. The third-order valence-corrected chi connectivity index (χ3v) is 4.80. The number of halogens is 1. The predicted molar refractivity (Wildman–Crippen MR) is 121 cm³/mol. The van der Waals surface area contributed by atoms with Crippen LogP contribution in [0.5, 0.6) is 0 Å². The summed E-state index contributed by atoms with van der Waals surface area (Å²) in [7, 11) is 0. The monoisotopic (exact) mass is 451 g/mol. The van der Waals surface area contributed by atoms with Crippen LogP contribution in [0.4, 0.5) is 17.1 Å². The van der Waals surface area contributed by atoms with Crippen molar-refractivity contribution >= 4 is 52.2 Å². The Morgan fingerprint density at radius 3 is 2.53 bits per heavy atom. The third-order valence-electron chi connectivity index (χ3n) is 4.57. The third kappa shape index (κ3) is 4.62. The highest BCUT2D eigenvalue weighted by atomic mass is 35.5. The number of carbonyl (C=O) groups excluding carboxylic acids is 3. The van der Waals surface area contributed by atoms with Gasteiger partial charge in [-0.1, -0.05) is 29.3 Å². The molecule has 1 aliphatic heterocycles. The fourth-order valence-electron chi connectivity index (χ4n) is 2.95. The minimum Gasteiger partial charge on any atom is -0.459 e. The second-order valence-electron chi connectivity index (χ2n) is 6.92. The van der Waals surface area contributed by atoms with Gasteiger partial charge in [-0.2, -0.15) is 0 Å². The maximum absolute atomic E-state index is 12.9. The van der Waals surface area contributed by atoms with Gasteiger partial charge in [0.15, 0.2) is 5.76 Å². The Labute approximate surface area is 188 Å². The first-order valence-corrected chi connectivity index (χ1v) is 9.95. The normalized spacial score (nSPS) is 13.2. The maximum atomic E-state index is 12.9. The SMILES string of the molecule is Cc1ccc(N2NC(C(=O)Nc3ccc(Cl)cc3NC(=O)c3ccco3)=NCC2=O)cc1. The number of furan rings is 1. The van der Waals surface area contributed by atoms with E-state index >= 15 is 0 Å². The zero-order valence-electron chi connectivity index (χ0n) is 16.9. The molecule has 3 amide bonds. The lowest BCUT2D eigenvalue weighted by Crippen LogP contribution is -2.54. The number of rotatable bonds is 5. The van der Waals surface area contributed by atoms with Crippen LogP contribution in [-0.4, -0.2) is 30.1 Å². The molecule has 10 heteroatoms. The number of nitrogens with one attached hydrogen (secondary N) is 3. The molecule has 3 aromatic rings. The van der Waals surface area contributed by atoms with Gasteiger partial charge in [-0.3, -0.25) is 24.8 Å². The van der Waals surface area contributed by atoms with E-state index < -0.39 is 11.8 Å². The molecule has 0 atom stereocenters. The molecule has 3 N–H and O–H groups in total. The average Bonchev–Trinajstić information content (AvgIpc) is 3.32. The quantitative estimate of drug-likeness (QED) is 0.550. The van der Waals surface area contributed by atoms with E-state index in [0.717, 1.165) is 5.56 Å². The van der Waals surface area contributed by atoms with Crippen molar-refractivity contribution in [1.82, 2.24) is 5.43 Å². The van der Waals surface area contributed by atoms with Crippen LogP contribution < -0.4 is 21.1 Å². The second kappa shape index (κ2) is 8.94. The molecule has 2 heterocycles. The summed E-state index contributed by atoms with van der Waals surface area (Å²) in [6.07, 6.45) is 1.38. The van der Waals surface area contributed by atoms with Crippen molar-refractivity contribution in [2.75, 3.05) is 22.2 Å². The second-order valence-corrected chi connectivity index (χ2v) is 7.35. The molecule has 162 valence electrons. The fourth-order valence-corrected chi connectivity index (χ4v) is 3.12. The molecule has 2 aromatic carbocycles. The molecular formula is C22H18ClN5O4. The highest BCUT2D eigenvalue weighted by Crippen LogP contribution is 2.27. The van der Waals surface area contributed by atoms with E-state index in [2.05, 4.69) is 21.1 Å². The maximum Gasteiger partial charge on any atom is 0.292 e. The van der Waals surface area contributed by atoms with Crippen LogP contribution in [0, 0.1) is 6.92 Å². The lowest BCUT2D eigenvalue weighted by Gasteiger charge is -2.27. The number of anilines is 3. The van der Waals surface area contributed by atoms with Crippen molar-refractivity contribution in [2.45, 2.75) is 6.92 Å². The lowest BCUT2D eigenvalue weighted by atomic mass is 10.2. The molecule has 0 unspecified atom stereocenters. The molecular weight excluding hydrogens is 434 g/mol. The zero-order chi connectivity index (χ0) is 22.7. The molecule has 1 aliphatic rings. The van der Waals surface area contributed by atoms with E-state index in [0.29, 0.717) is 16.4 Å². The van der Waals surface area contributed by atoms with Gasteiger partial charge in [0.2, 0.25) is 5.84 Å². The highest BCUT2D eigenvalue weighted by molar-refractivity contribution is 6.43. The van der Waals surface area contributed by atoms with Crippen LogP contribution in [0.1, 0.15) is 16.1 Å². The molecule has 4 rings (SSSR count). The van der Waals surface area contributed by atoms with Crippen molar-refractivity contribution < 1.29 is 18.8 Å². The van der Waals surface area contributed by atoms with Gasteiger partial charge < -0.3 is 15.1 Å². The van der Waals surface area contributed by atoms with Gasteiger partial charge in [0.1, 0.15) is 6.54 Å². The van der Waals surface area contributed by atoms with Crippen LogP contribution in [0.25, 0.3) is 0 Å². The number of amides is 3. The van der Waals surface area contributed by atoms with Crippen LogP contribution >= 0.6 is 11.6 Å². The standard InChI is InChI=1S/C22H18ClN5O4/c1-13-4-7-15(8-5-13)28-19(29)12-24-20(27-28)22(31)25-16-9-6-14(23)11-17(16)26-21(30)18-3-2-10-32-18/h2-11H,12H2,1H3,(H,24,27)(H,25,31)(H,26,30). The smallest absolute Gasteiger partial charge is 0.292 e. The van der Waals surface area contributed by atoms with Gasteiger partial charge in [-0.05, 0) is 49.4 Å². The van der Waals surface area contributed by atoms with Crippen molar-refractivity contribution in [3.8, 4) is 0 Å². The number of amidine groups is 1. The summed E-state index contributed by atoms with van der Waals surface area (Å²) in [6, 6.07) is 15.0. The molecule has 0 fully saturated rings. The zero-order valence-corrected chi connectivity index (χ0v) is 17.6. The summed E-state index contributed by atoms with van der Waals surface area (Å²) in [4.78, 5) is 41.5. The van der Waals surface area contributed by atoms with Crippen LogP contribution in [0.2, 0.25) is 5.02 Å². The van der Waals surface area contributed by atoms with Gasteiger partial charge in [0.05, 0.1) is 23.3 Å². The molecule has 9 nitrogen and oxygen atoms in total. The summed E-state index contributed by atoms with van der Waals surface area (Å²) in [5.74, 6) is -1.35. The molecule has 1 aromatic heterocycles. The molecule has 0 saturated heterocycles. The highest BCUT2D eigenvalue weighted by Gasteiger charge is 2.26. The first-order valence-electron chi connectivity index (χ1n) is 9.57. The summed E-state index contributed by atoms with van der Waals surface area (Å²) in [5, 5.41) is 6.96. The summed E-state index contributed by atoms with van der Waals surface area (Å²) in [6.45, 7) is 1.75. The van der Waals surface area contributed by atoms with E-state index in [1.165, 1.54) is 23.4 Å². The number of hydrogen-bond acceptors (Lipinski definition) is 6. The fraction of sp³-hybridized carbons (Fsp3) is 0.0909. The number of aryl methyl sites for hydroxylation is 1.